The van der Waals surface area contributed by atoms with Crippen molar-refractivity contribution in [1.82, 2.24) is 4.98 Å². The number of para-hydroxylation sites is 1. The van der Waals surface area contributed by atoms with Crippen molar-refractivity contribution in [1.29, 1.82) is 0 Å². The smallest absolute Gasteiger partial charge is 0.225 e. The largest absolute Gasteiger partial charge is 0.327 e. The molecule has 1 heterocycles. The fourth-order valence-corrected chi connectivity index (χ4v) is 1.99. The summed E-state index contributed by atoms with van der Waals surface area (Å²) < 4.78 is 0. The maximum atomic E-state index is 11.9. The number of benzene rings is 1. The molecule has 0 bridgehead atoms. The summed E-state index contributed by atoms with van der Waals surface area (Å²) in [7, 11) is 0. The number of nitrogens with two attached hydrogens (primary N) is 1. The van der Waals surface area contributed by atoms with Gasteiger partial charge in [0.1, 0.15) is 0 Å². The third-order valence-corrected chi connectivity index (χ3v) is 3.09. The van der Waals surface area contributed by atoms with Gasteiger partial charge in [-0.3, -0.25) is 9.78 Å². The monoisotopic (exact) mass is 257 g/mol. The van der Waals surface area contributed by atoms with E-state index in [0.717, 1.165) is 28.7 Å². The van der Waals surface area contributed by atoms with Crippen LogP contribution in [-0.2, 0) is 4.79 Å². The Morgan fingerprint density at radius 1 is 1.42 bits per heavy atom. The molecule has 2 rings (SSSR count). The van der Waals surface area contributed by atoms with Crippen molar-refractivity contribution >= 4 is 22.5 Å². The quantitative estimate of drug-likeness (QED) is 0.884. The molecular weight excluding hydrogens is 238 g/mol. The third kappa shape index (κ3) is 3.29. The lowest BCUT2D eigenvalue weighted by Gasteiger charge is -2.12. The number of aryl methyl sites for hydroxylation is 1. The molecule has 0 spiro atoms. The maximum absolute atomic E-state index is 11.9. The van der Waals surface area contributed by atoms with E-state index in [1.54, 1.807) is 0 Å². The van der Waals surface area contributed by atoms with E-state index in [1.807, 2.05) is 44.2 Å². The maximum Gasteiger partial charge on any atom is 0.225 e. The first-order valence-corrected chi connectivity index (χ1v) is 6.52. The van der Waals surface area contributed by atoms with Crippen molar-refractivity contribution in [3.05, 3.63) is 36.0 Å². The number of aromatic nitrogens is 1. The molecule has 0 aliphatic heterocycles. The highest BCUT2D eigenvalue weighted by molar-refractivity contribution is 6.01. The van der Waals surface area contributed by atoms with Gasteiger partial charge in [-0.1, -0.05) is 25.1 Å². The molecule has 1 unspecified atom stereocenters. The fourth-order valence-electron chi connectivity index (χ4n) is 1.99. The number of carbonyl (C=O) groups is 1. The summed E-state index contributed by atoms with van der Waals surface area (Å²) >= 11 is 0. The zero-order valence-corrected chi connectivity index (χ0v) is 11.3. The molecule has 0 aliphatic carbocycles. The van der Waals surface area contributed by atoms with Gasteiger partial charge in [0.15, 0.2) is 0 Å². The molecule has 0 fully saturated rings. The molecular formula is C15H19N3O. The molecule has 1 atom stereocenters. The zero-order chi connectivity index (χ0) is 13.8. The molecule has 4 nitrogen and oxygen atoms in total. The van der Waals surface area contributed by atoms with Crippen LogP contribution in [0.1, 0.15) is 25.5 Å². The van der Waals surface area contributed by atoms with Crippen molar-refractivity contribution in [3.8, 4) is 0 Å². The number of rotatable bonds is 4. The summed E-state index contributed by atoms with van der Waals surface area (Å²) in [5.41, 5.74) is 8.37. The Kier molecular flexibility index (Phi) is 4.12. The van der Waals surface area contributed by atoms with E-state index in [1.165, 1.54) is 0 Å². The molecule has 100 valence electrons. The number of anilines is 1. The Labute approximate surface area is 113 Å². The van der Waals surface area contributed by atoms with Gasteiger partial charge in [-0.25, -0.2) is 0 Å². The summed E-state index contributed by atoms with van der Waals surface area (Å²) in [5.74, 6) is -0.0508. The topological polar surface area (TPSA) is 68.0 Å². The van der Waals surface area contributed by atoms with E-state index in [4.69, 9.17) is 5.73 Å². The number of carbonyl (C=O) groups excluding carboxylic acids is 1. The number of hydrogen-bond donors (Lipinski definition) is 2. The lowest BCUT2D eigenvalue weighted by Crippen LogP contribution is -2.26. The van der Waals surface area contributed by atoms with E-state index >= 15 is 0 Å². The molecule has 0 saturated heterocycles. The number of pyridine rings is 1. The third-order valence-electron chi connectivity index (χ3n) is 3.09. The second kappa shape index (κ2) is 5.80. The van der Waals surface area contributed by atoms with Crippen molar-refractivity contribution in [3.63, 3.8) is 0 Å². The average Bonchev–Trinajstić information content (AvgIpc) is 2.38. The Morgan fingerprint density at radius 2 is 2.16 bits per heavy atom. The van der Waals surface area contributed by atoms with E-state index in [0.29, 0.717) is 6.42 Å². The van der Waals surface area contributed by atoms with Crippen LogP contribution in [0.5, 0.6) is 0 Å². The van der Waals surface area contributed by atoms with Crippen molar-refractivity contribution in [2.75, 3.05) is 5.32 Å². The van der Waals surface area contributed by atoms with Crippen LogP contribution in [0.4, 0.5) is 5.69 Å². The minimum atomic E-state index is -0.0887. The lowest BCUT2D eigenvalue weighted by molar-refractivity contribution is -0.116. The highest BCUT2D eigenvalue weighted by Gasteiger charge is 2.10. The van der Waals surface area contributed by atoms with Crippen LogP contribution in [0, 0.1) is 6.92 Å². The summed E-state index contributed by atoms with van der Waals surface area (Å²) in [6, 6.07) is 9.57. The van der Waals surface area contributed by atoms with Crippen LogP contribution in [0.15, 0.2) is 30.3 Å². The van der Waals surface area contributed by atoms with Gasteiger partial charge in [0.05, 0.1) is 11.2 Å². The van der Waals surface area contributed by atoms with Gasteiger partial charge in [0.25, 0.3) is 0 Å². The number of fused-ring (bicyclic) bond motifs is 1. The molecule has 1 amide bonds. The van der Waals surface area contributed by atoms with Gasteiger partial charge >= 0.3 is 0 Å². The number of nitrogens with zero attached hydrogens (tertiary/aromatic N) is 1. The van der Waals surface area contributed by atoms with Crippen LogP contribution in [0.25, 0.3) is 10.9 Å². The van der Waals surface area contributed by atoms with Crippen molar-refractivity contribution in [2.45, 2.75) is 32.7 Å². The SMILES string of the molecule is CCC(N)CC(=O)Nc1cc(C)nc2ccccc12. The first kappa shape index (κ1) is 13.5. The van der Waals surface area contributed by atoms with Crippen LogP contribution in [-0.4, -0.2) is 16.9 Å². The molecule has 0 radical (unpaired) electrons. The summed E-state index contributed by atoms with van der Waals surface area (Å²) in [6.07, 6.45) is 1.13. The van der Waals surface area contributed by atoms with E-state index in [2.05, 4.69) is 10.3 Å². The van der Waals surface area contributed by atoms with Gasteiger partial charge in [0.2, 0.25) is 5.91 Å². The predicted molar refractivity (Wildman–Crippen MR) is 78.0 cm³/mol. The summed E-state index contributed by atoms with van der Waals surface area (Å²) in [6.45, 7) is 3.89. The number of hydrogen-bond acceptors (Lipinski definition) is 3. The van der Waals surface area contributed by atoms with Crippen molar-refractivity contribution < 1.29 is 4.79 Å². The second-order valence-electron chi connectivity index (χ2n) is 4.75. The minimum absolute atomic E-state index is 0.0508. The zero-order valence-electron chi connectivity index (χ0n) is 11.3. The molecule has 19 heavy (non-hydrogen) atoms. The predicted octanol–water partition coefficient (Wildman–Crippen LogP) is 2.61. The van der Waals surface area contributed by atoms with E-state index in [9.17, 15) is 4.79 Å². The molecule has 2 aromatic rings. The lowest BCUT2D eigenvalue weighted by atomic mass is 10.1. The van der Waals surface area contributed by atoms with Gasteiger partial charge in [0, 0.05) is 23.5 Å². The Hall–Kier alpha value is -1.94. The Morgan fingerprint density at radius 3 is 2.89 bits per heavy atom. The van der Waals surface area contributed by atoms with Gasteiger partial charge in [-0.15, -0.1) is 0 Å². The van der Waals surface area contributed by atoms with Gasteiger partial charge < -0.3 is 11.1 Å². The summed E-state index contributed by atoms with van der Waals surface area (Å²) in [4.78, 5) is 16.4. The second-order valence-corrected chi connectivity index (χ2v) is 4.75. The van der Waals surface area contributed by atoms with Crippen LogP contribution in [0.3, 0.4) is 0 Å². The van der Waals surface area contributed by atoms with E-state index < -0.39 is 0 Å². The highest BCUT2D eigenvalue weighted by atomic mass is 16.1. The minimum Gasteiger partial charge on any atom is -0.327 e. The number of amides is 1. The van der Waals surface area contributed by atoms with E-state index in [-0.39, 0.29) is 11.9 Å². The first-order valence-electron chi connectivity index (χ1n) is 6.52. The number of nitrogens with one attached hydrogen (secondary N) is 1. The first-order chi connectivity index (χ1) is 9.10. The molecule has 0 saturated carbocycles. The molecule has 1 aromatic heterocycles. The average molecular weight is 257 g/mol. The van der Waals surface area contributed by atoms with Crippen molar-refractivity contribution in [2.24, 2.45) is 5.73 Å². The van der Waals surface area contributed by atoms with Crippen LogP contribution < -0.4 is 11.1 Å². The molecule has 0 aliphatic rings. The van der Waals surface area contributed by atoms with Gasteiger partial charge in [-0.2, -0.15) is 0 Å². The molecule has 1 aromatic carbocycles. The summed E-state index contributed by atoms with van der Waals surface area (Å²) in [5, 5.41) is 3.88. The van der Waals surface area contributed by atoms with Gasteiger partial charge in [-0.05, 0) is 25.5 Å². The van der Waals surface area contributed by atoms with Crippen LogP contribution >= 0.6 is 0 Å². The standard InChI is InChI=1S/C15H19N3O/c1-3-11(16)9-15(19)18-14-8-10(2)17-13-7-5-4-6-12(13)14/h4-8,11H,3,9,16H2,1-2H3,(H,17,18,19). The molecule has 3 N–H and O–H groups in total. The Bertz CT molecular complexity index is 595. The normalized spacial score (nSPS) is 12.4. The van der Waals surface area contributed by atoms with Crippen LogP contribution in [0.2, 0.25) is 0 Å². The highest BCUT2D eigenvalue weighted by Crippen LogP contribution is 2.23. The fraction of sp³-hybridized carbons (Fsp3) is 0.333. The Balaban J connectivity index is 2.27. The molecule has 4 heteroatoms.